The maximum atomic E-state index is 12.6. The number of para-hydroxylation sites is 2. The zero-order valence-corrected chi connectivity index (χ0v) is 13.1. The molecule has 0 saturated carbocycles. The standard InChI is InChI=1S/C18H15F3N2O2/c19-18(20,21)13-9-7-12(8-10-13)17(25)22-14-4-1-2-5-15(14)23-11-3-6-16(23)24/h1-2,4-5,7-10H,3,6,11H2,(H,22,25). The van der Waals surface area contributed by atoms with Gasteiger partial charge in [-0.1, -0.05) is 12.1 Å². The van der Waals surface area contributed by atoms with Crippen LogP contribution in [0.15, 0.2) is 48.5 Å². The monoisotopic (exact) mass is 348 g/mol. The third kappa shape index (κ3) is 3.65. The third-order valence-electron chi connectivity index (χ3n) is 3.99. The molecule has 0 radical (unpaired) electrons. The van der Waals surface area contributed by atoms with E-state index in [0.717, 1.165) is 30.7 Å². The molecule has 25 heavy (non-hydrogen) atoms. The van der Waals surface area contributed by atoms with E-state index in [1.807, 2.05) is 0 Å². The minimum atomic E-state index is -4.45. The lowest BCUT2D eigenvalue weighted by Crippen LogP contribution is -2.25. The molecule has 2 amide bonds. The van der Waals surface area contributed by atoms with E-state index < -0.39 is 17.6 Å². The van der Waals surface area contributed by atoms with Crippen molar-refractivity contribution in [1.29, 1.82) is 0 Å². The van der Waals surface area contributed by atoms with Crippen LogP contribution in [0.3, 0.4) is 0 Å². The fraction of sp³-hybridized carbons (Fsp3) is 0.222. The Balaban J connectivity index is 1.81. The summed E-state index contributed by atoms with van der Waals surface area (Å²) in [6, 6.07) is 10.8. The predicted molar refractivity (Wildman–Crippen MR) is 87.4 cm³/mol. The Labute approximate surface area is 142 Å². The second-order valence-corrected chi connectivity index (χ2v) is 5.70. The molecule has 130 valence electrons. The number of hydrogen-bond donors (Lipinski definition) is 1. The molecule has 1 heterocycles. The van der Waals surface area contributed by atoms with E-state index >= 15 is 0 Å². The lowest BCUT2D eigenvalue weighted by molar-refractivity contribution is -0.137. The molecule has 2 aromatic rings. The summed E-state index contributed by atoms with van der Waals surface area (Å²) in [5.41, 5.74) is 0.329. The molecule has 0 atom stereocenters. The molecule has 0 aliphatic carbocycles. The van der Waals surface area contributed by atoms with Crippen LogP contribution in [0.25, 0.3) is 0 Å². The molecule has 1 N–H and O–H groups in total. The second kappa shape index (κ2) is 6.58. The number of benzene rings is 2. The van der Waals surface area contributed by atoms with Crippen molar-refractivity contribution in [3.05, 3.63) is 59.7 Å². The molecule has 1 saturated heterocycles. The van der Waals surface area contributed by atoms with Gasteiger partial charge >= 0.3 is 6.18 Å². The van der Waals surface area contributed by atoms with Crippen LogP contribution >= 0.6 is 0 Å². The summed E-state index contributed by atoms with van der Waals surface area (Å²) >= 11 is 0. The van der Waals surface area contributed by atoms with Crippen LogP contribution in [0.2, 0.25) is 0 Å². The largest absolute Gasteiger partial charge is 0.416 e. The number of carbonyl (C=O) groups excluding carboxylic acids is 2. The zero-order valence-electron chi connectivity index (χ0n) is 13.1. The summed E-state index contributed by atoms with van der Waals surface area (Å²) in [6.07, 6.45) is -3.24. The average molecular weight is 348 g/mol. The molecule has 1 aliphatic rings. The molecule has 3 rings (SSSR count). The molecule has 7 heteroatoms. The van der Waals surface area contributed by atoms with Gasteiger partial charge in [0.15, 0.2) is 0 Å². The fourth-order valence-corrected chi connectivity index (χ4v) is 2.72. The number of hydrogen-bond acceptors (Lipinski definition) is 2. The summed E-state index contributed by atoms with van der Waals surface area (Å²) in [6.45, 7) is 0.575. The van der Waals surface area contributed by atoms with E-state index in [9.17, 15) is 22.8 Å². The number of halogens is 3. The molecule has 1 fully saturated rings. The molecule has 0 bridgehead atoms. The van der Waals surface area contributed by atoms with E-state index in [4.69, 9.17) is 0 Å². The van der Waals surface area contributed by atoms with Crippen LogP contribution in [-0.2, 0) is 11.0 Å². The summed E-state index contributed by atoms with van der Waals surface area (Å²) in [7, 11) is 0. The highest BCUT2D eigenvalue weighted by atomic mass is 19.4. The first-order valence-corrected chi connectivity index (χ1v) is 7.74. The number of carbonyl (C=O) groups is 2. The van der Waals surface area contributed by atoms with E-state index in [-0.39, 0.29) is 11.5 Å². The van der Waals surface area contributed by atoms with E-state index in [1.54, 1.807) is 29.2 Å². The van der Waals surface area contributed by atoms with Crippen LogP contribution < -0.4 is 10.2 Å². The van der Waals surface area contributed by atoms with E-state index in [2.05, 4.69) is 5.32 Å². The van der Waals surface area contributed by atoms with Gasteiger partial charge in [-0.3, -0.25) is 9.59 Å². The number of alkyl halides is 3. The van der Waals surface area contributed by atoms with Crippen molar-refractivity contribution in [3.8, 4) is 0 Å². The maximum absolute atomic E-state index is 12.6. The molecular formula is C18H15F3N2O2. The van der Waals surface area contributed by atoms with Gasteiger partial charge in [0, 0.05) is 18.5 Å². The van der Waals surface area contributed by atoms with Crippen molar-refractivity contribution in [1.82, 2.24) is 0 Å². The van der Waals surface area contributed by atoms with Gasteiger partial charge < -0.3 is 10.2 Å². The quantitative estimate of drug-likeness (QED) is 0.908. The fourth-order valence-electron chi connectivity index (χ4n) is 2.72. The van der Waals surface area contributed by atoms with Crippen LogP contribution in [0, 0.1) is 0 Å². The van der Waals surface area contributed by atoms with Crippen molar-refractivity contribution in [2.24, 2.45) is 0 Å². The highest BCUT2D eigenvalue weighted by molar-refractivity contribution is 6.08. The summed E-state index contributed by atoms with van der Waals surface area (Å²) in [4.78, 5) is 25.8. The van der Waals surface area contributed by atoms with Gasteiger partial charge in [0.2, 0.25) is 5.91 Å². The molecule has 0 spiro atoms. The Kier molecular flexibility index (Phi) is 4.48. The van der Waals surface area contributed by atoms with Gasteiger partial charge in [-0.25, -0.2) is 0 Å². The van der Waals surface area contributed by atoms with Crippen LogP contribution in [0.1, 0.15) is 28.8 Å². The first kappa shape index (κ1) is 17.0. The third-order valence-corrected chi connectivity index (χ3v) is 3.99. The lowest BCUT2D eigenvalue weighted by atomic mass is 10.1. The van der Waals surface area contributed by atoms with Crippen molar-refractivity contribution < 1.29 is 22.8 Å². The highest BCUT2D eigenvalue weighted by Crippen LogP contribution is 2.31. The Hall–Kier alpha value is -2.83. The normalized spacial score (nSPS) is 14.7. The number of nitrogens with zero attached hydrogens (tertiary/aromatic N) is 1. The van der Waals surface area contributed by atoms with Crippen molar-refractivity contribution in [2.45, 2.75) is 19.0 Å². The van der Waals surface area contributed by atoms with Crippen molar-refractivity contribution in [3.63, 3.8) is 0 Å². The molecule has 4 nitrogen and oxygen atoms in total. The first-order valence-electron chi connectivity index (χ1n) is 7.74. The van der Waals surface area contributed by atoms with Gasteiger partial charge in [0.1, 0.15) is 0 Å². The number of amides is 2. The zero-order chi connectivity index (χ0) is 18.0. The minimum Gasteiger partial charge on any atom is -0.320 e. The predicted octanol–water partition coefficient (Wildman–Crippen LogP) is 4.08. The number of anilines is 2. The van der Waals surface area contributed by atoms with Crippen molar-refractivity contribution in [2.75, 3.05) is 16.8 Å². The topological polar surface area (TPSA) is 49.4 Å². The van der Waals surface area contributed by atoms with Gasteiger partial charge in [-0.2, -0.15) is 13.2 Å². The Morgan fingerprint density at radius 1 is 1.04 bits per heavy atom. The molecule has 0 unspecified atom stereocenters. The van der Waals surface area contributed by atoms with Crippen LogP contribution in [0.5, 0.6) is 0 Å². The summed E-state index contributed by atoms with van der Waals surface area (Å²) < 4.78 is 37.8. The maximum Gasteiger partial charge on any atom is 0.416 e. The Bertz CT molecular complexity index is 801. The SMILES string of the molecule is O=C(Nc1ccccc1N1CCCC1=O)c1ccc(C(F)(F)F)cc1. The Morgan fingerprint density at radius 3 is 2.32 bits per heavy atom. The van der Waals surface area contributed by atoms with Crippen LogP contribution in [0.4, 0.5) is 24.5 Å². The van der Waals surface area contributed by atoms with E-state index in [1.165, 1.54) is 0 Å². The van der Waals surface area contributed by atoms with Gasteiger partial charge in [-0.05, 0) is 42.8 Å². The smallest absolute Gasteiger partial charge is 0.320 e. The van der Waals surface area contributed by atoms with Crippen LogP contribution in [-0.4, -0.2) is 18.4 Å². The van der Waals surface area contributed by atoms with Gasteiger partial charge in [0.05, 0.1) is 16.9 Å². The van der Waals surface area contributed by atoms with E-state index in [0.29, 0.717) is 24.3 Å². The first-order chi connectivity index (χ1) is 11.9. The number of nitrogens with one attached hydrogen (secondary N) is 1. The molecular weight excluding hydrogens is 333 g/mol. The molecule has 1 aliphatic heterocycles. The number of rotatable bonds is 3. The van der Waals surface area contributed by atoms with Gasteiger partial charge in [0.25, 0.3) is 5.91 Å². The average Bonchev–Trinajstić information content (AvgIpc) is 3.00. The molecule has 2 aromatic carbocycles. The van der Waals surface area contributed by atoms with Crippen molar-refractivity contribution >= 4 is 23.2 Å². The molecule has 0 aromatic heterocycles. The summed E-state index contributed by atoms with van der Waals surface area (Å²) in [5, 5.41) is 2.67. The van der Waals surface area contributed by atoms with Gasteiger partial charge in [-0.15, -0.1) is 0 Å². The lowest BCUT2D eigenvalue weighted by Gasteiger charge is -2.20. The minimum absolute atomic E-state index is 0.0174. The summed E-state index contributed by atoms with van der Waals surface area (Å²) in [5.74, 6) is -0.552. The Morgan fingerprint density at radius 2 is 1.72 bits per heavy atom. The second-order valence-electron chi connectivity index (χ2n) is 5.70. The highest BCUT2D eigenvalue weighted by Gasteiger charge is 2.30.